The average molecular weight is 385 g/mol. The van der Waals surface area contributed by atoms with Crippen LogP contribution >= 0.6 is 43.5 Å². The highest BCUT2D eigenvalue weighted by atomic mass is 79.9. The van der Waals surface area contributed by atoms with Gasteiger partial charge in [-0.2, -0.15) is 0 Å². The standard InChI is InChI=1S/C13H17Br2ClO/c1-5-13(2,3)12(15)9-6-8(16)7-10(14)11(9)17-4/h6-7,12H,5H2,1-4H3. The van der Waals surface area contributed by atoms with Gasteiger partial charge >= 0.3 is 0 Å². The van der Waals surface area contributed by atoms with Gasteiger partial charge in [0.1, 0.15) is 5.75 Å². The van der Waals surface area contributed by atoms with Crippen LogP contribution in [-0.2, 0) is 0 Å². The van der Waals surface area contributed by atoms with Crippen LogP contribution < -0.4 is 4.74 Å². The molecule has 0 bridgehead atoms. The molecule has 1 unspecified atom stereocenters. The van der Waals surface area contributed by atoms with Crippen LogP contribution in [0.3, 0.4) is 0 Å². The Morgan fingerprint density at radius 3 is 2.47 bits per heavy atom. The van der Waals surface area contributed by atoms with Gasteiger partial charge in [-0.05, 0) is 39.9 Å². The summed E-state index contributed by atoms with van der Waals surface area (Å²) in [4.78, 5) is 0.199. The zero-order valence-corrected chi connectivity index (χ0v) is 14.4. The lowest BCUT2D eigenvalue weighted by Crippen LogP contribution is -2.17. The first-order valence-corrected chi connectivity index (χ1v) is 7.59. The third-order valence-corrected chi connectivity index (χ3v) is 5.65. The van der Waals surface area contributed by atoms with Gasteiger partial charge in [-0.25, -0.2) is 0 Å². The molecule has 0 amide bonds. The fourth-order valence-corrected chi connectivity index (χ4v) is 3.24. The molecule has 0 N–H and O–H groups in total. The van der Waals surface area contributed by atoms with Crippen LogP contribution in [0.15, 0.2) is 16.6 Å². The van der Waals surface area contributed by atoms with Crippen LogP contribution in [0.25, 0.3) is 0 Å². The smallest absolute Gasteiger partial charge is 0.137 e. The maximum atomic E-state index is 6.11. The lowest BCUT2D eigenvalue weighted by molar-refractivity contribution is 0.334. The molecule has 0 spiro atoms. The predicted molar refractivity (Wildman–Crippen MR) is 81.4 cm³/mol. The molecule has 0 aliphatic heterocycles. The molecule has 17 heavy (non-hydrogen) atoms. The quantitative estimate of drug-likeness (QED) is 0.580. The Hall–Kier alpha value is 0.270. The number of benzene rings is 1. The number of alkyl halides is 1. The molecule has 0 aliphatic rings. The predicted octanol–water partition coefficient (Wildman–Crippen LogP) is 5.98. The minimum absolute atomic E-state index is 0.136. The molecule has 4 heteroatoms. The highest BCUT2D eigenvalue weighted by molar-refractivity contribution is 9.10. The Kier molecular flexibility index (Phi) is 5.36. The molecule has 0 fully saturated rings. The fraction of sp³-hybridized carbons (Fsp3) is 0.538. The van der Waals surface area contributed by atoms with Crippen molar-refractivity contribution in [3.8, 4) is 5.75 Å². The van der Waals surface area contributed by atoms with Gasteiger partial charge < -0.3 is 4.74 Å². The number of ether oxygens (including phenoxy) is 1. The van der Waals surface area contributed by atoms with E-state index in [0.29, 0.717) is 5.02 Å². The van der Waals surface area contributed by atoms with E-state index in [1.807, 2.05) is 12.1 Å². The first kappa shape index (κ1) is 15.3. The molecule has 96 valence electrons. The molecule has 1 atom stereocenters. The second-order valence-corrected chi connectivity index (χ2v) is 6.92. The van der Waals surface area contributed by atoms with E-state index < -0.39 is 0 Å². The van der Waals surface area contributed by atoms with Crippen LogP contribution in [0.4, 0.5) is 0 Å². The van der Waals surface area contributed by atoms with E-state index in [1.165, 1.54) is 0 Å². The van der Waals surface area contributed by atoms with Crippen molar-refractivity contribution in [1.29, 1.82) is 0 Å². The third kappa shape index (κ3) is 3.39. The number of halogens is 3. The van der Waals surface area contributed by atoms with E-state index >= 15 is 0 Å². The SMILES string of the molecule is CCC(C)(C)C(Br)c1cc(Cl)cc(Br)c1OC. The van der Waals surface area contributed by atoms with Crippen molar-refractivity contribution in [2.24, 2.45) is 5.41 Å². The van der Waals surface area contributed by atoms with Gasteiger partial charge in [0.15, 0.2) is 0 Å². The maximum Gasteiger partial charge on any atom is 0.137 e. The Balaban J connectivity index is 3.30. The summed E-state index contributed by atoms with van der Waals surface area (Å²) < 4.78 is 6.34. The minimum Gasteiger partial charge on any atom is -0.495 e. The molecule has 0 saturated heterocycles. The summed E-state index contributed by atoms with van der Waals surface area (Å²) in [7, 11) is 1.68. The molecule has 0 aromatic heterocycles. The number of methoxy groups -OCH3 is 1. The zero-order valence-electron chi connectivity index (χ0n) is 10.5. The molecular weight excluding hydrogens is 367 g/mol. The van der Waals surface area contributed by atoms with Crippen LogP contribution in [-0.4, -0.2) is 7.11 Å². The first-order chi connectivity index (χ1) is 7.83. The normalized spacial score (nSPS) is 13.6. The first-order valence-electron chi connectivity index (χ1n) is 5.50. The van der Waals surface area contributed by atoms with Crippen LogP contribution in [0.1, 0.15) is 37.6 Å². The van der Waals surface area contributed by atoms with Crippen molar-refractivity contribution in [3.63, 3.8) is 0 Å². The molecule has 0 radical (unpaired) electrons. The van der Waals surface area contributed by atoms with Crippen LogP contribution in [0.5, 0.6) is 5.75 Å². The molecule has 1 aromatic rings. The summed E-state index contributed by atoms with van der Waals surface area (Å²) >= 11 is 13.4. The second-order valence-electron chi connectivity index (χ2n) is 4.71. The van der Waals surface area contributed by atoms with Crippen molar-refractivity contribution in [3.05, 3.63) is 27.2 Å². The molecule has 0 heterocycles. The van der Waals surface area contributed by atoms with Gasteiger partial charge in [-0.3, -0.25) is 0 Å². The largest absolute Gasteiger partial charge is 0.495 e. The van der Waals surface area contributed by atoms with Crippen LogP contribution in [0.2, 0.25) is 5.02 Å². The maximum absolute atomic E-state index is 6.11. The topological polar surface area (TPSA) is 9.23 Å². The van der Waals surface area contributed by atoms with E-state index in [1.54, 1.807) is 7.11 Å². The number of hydrogen-bond acceptors (Lipinski definition) is 1. The lowest BCUT2D eigenvalue weighted by Gasteiger charge is -2.30. The van der Waals surface area contributed by atoms with Gasteiger partial charge in [0.05, 0.1) is 11.6 Å². The van der Waals surface area contributed by atoms with E-state index in [0.717, 1.165) is 22.2 Å². The van der Waals surface area contributed by atoms with Gasteiger partial charge in [-0.15, -0.1) is 0 Å². The molecular formula is C13H17Br2ClO. The highest BCUT2D eigenvalue weighted by Crippen LogP contribution is 2.48. The van der Waals surface area contributed by atoms with Gasteiger partial charge in [0.2, 0.25) is 0 Å². The lowest BCUT2D eigenvalue weighted by atomic mass is 9.83. The zero-order chi connectivity index (χ0) is 13.2. The molecule has 0 aliphatic carbocycles. The molecule has 0 saturated carbocycles. The Labute approximate surface area is 125 Å². The summed E-state index contributed by atoms with van der Waals surface area (Å²) in [6, 6.07) is 3.81. The fourth-order valence-electron chi connectivity index (χ4n) is 1.58. The molecule has 1 aromatic carbocycles. The van der Waals surface area contributed by atoms with Crippen molar-refractivity contribution in [2.75, 3.05) is 7.11 Å². The monoisotopic (exact) mass is 382 g/mol. The van der Waals surface area contributed by atoms with Crippen LogP contribution in [0, 0.1) is 5.41 Å². The van der Waals surface area contributed by atoms with Crippen molar-refractivity contribution in [1.82, 2.24) is 0 Å². The van der Waals surface area contributed by atoms with Gasteiger partial charge in [0.25, 0.3) is 0 Å². The average Bonchev–Trinajstić information content (AvgIpc) is 2.27. The summed E-state index contributed by atoms with van der Waals surface area (Å²) in [5.74, 6) is 0.845. The van der Waals surface area contributed by atoms with E-state index in [2.05, 4.69) is 52.6 Å². The molecule has 1 rings (SSSR count). The van der Waals surface area contributed by atoms with Gasteiger partial charge in [0, 0.05) is 15.4 Å². The Morgan fingerprint density at radius 1 is 1.41 bits per heavy atom. The highest BCUT2D eigenvalue weighted by Gasteiger charge is 2.30. The minimum atomic E-state index is 0.136. The third-order valence-electron chi connectivity index (χ3n) is 3.11. The van der Waals surface area contributed by atoms with E-state index in [4.69, 9.17) is 16.3 Å². The van der Waals surface area contributed by atoms with Crippen molar-refractivity contribution < 1.29 is 4.74 Å². The number of hydrogen-bond donors (Lipinski definition) is 0. The van der Waals surface area contributed by atoms with Crippen molar-refractivity contribution in [2.45, 2.75) is 32.0 Å². The molecule has 1 nitrogen and oxygen atoms in total. The summed E-state index contributed by atoms with van der Waals surface area (Å²) in [5, 5.41) is 0.712. The van der Waals surface area contributed by atoms with E-state index in [9.17, 15) is 0 Å². The Morgan fingerprint density at radius 2 is 2.00 bits per heavy atom. The summed E-state index contributed by atoms with van der Waals surface area (Å²) in [6.45, 7) is 6.63. The second kappa shape index (κ2) is 5.94. The summed E-state index contributed by atoms with van der Waals surface area (Å²) in [6.07, 6.45) is 1.07. The summed E-state index contributed by atoms with van der Waals surface area (Å²) in [5.41, 5.74) is 1.22. The van der Waals surface area contributed by atoms with Crippen molar-refractivity contribution >= 4 is 43.5 Å². The Bertz CT molecular complexity index is 405. The van der Waals surface area contributed by atoms with E-state index in [-0.39, 0.29) is 10.2 Å². The number of rotatable bonds is 4. The van der Waals surface area contributed by atoms with Gasteiger partial charge in [-0.1, -0.05) is 48.3 Å².